The zero-order valence-electron chi connectivity index (χ0n) is 6.93. The highest BCUT2D eigenvalue weighted by molar-refractivity contribution is 4.85. The molecule has 2 fully saturated rings. The average molecular weight is 157 g/mol. The maximum Gasteiger partial charge on any atom is 0.0643 e. The van der Waals surface area contributed by atoms with Gasteiger partial charge in [-0.1, -0.05) is 6.92 Å². The summed E-state index contributed by atoms with van der Waals surface area (Å²) in [6, 6.07) is 0.604. The molecule has 64 valence electrons. The van der Waals surface area contributed by atoms with E-state index in [-0.39, 0.29) is 0 Å². The molecule has 2 heterocycles. The highest BCUT2D eigenvalue weighted by Crippen LogP contribution is 2.25. The highest BCUT2D eigenvalue weighted by Gasteiger charge is 2.34. The molecule has 2 saturated heterocycles. The van der Waals surface area contributed by atoms with Crippen molar-refractivity contribution in [1.82, 2.24) is 5.32 Å². The number of hydrogen-bond acceptors (Lipinski definition) is 3. The lowest BCUT2D eigenvalue weighted by atomic mass is 9.88. The van der Waals surface area contributed by atoms with Gasteiger partial charge in [0, 0.05) is 12.0 Å². The average Bonchev–Trinajstić information content (AvgIpc) is 1.81. The van der Waals surface area contributed by atoms with Crippen molar-refractivity contribution in [1.29, 1.82) is 0 Å². The van der Waals surface area contributed by atoms with E-state index in [1.54, 1.807) is 0 Å². The van der Waals surface area contributed by atoms with Gasteiger partial charge in [0.1, 0.15) is 0 Å². The first kappa shape index (κ1) is 7.53. The molecule has 0 aromatic rings. The van der Waals surface area contributed by atoms with Crippen LogP contribution in [0.1, 0.15) is 6.92 Å². The number of rotatable bonds is 3. The molecule has 0 atom stereocenters. The molecule has 3 heteroatoms. The molecule has 0 aromatic heterocycles. The third-order valence-corrected chi connectivity index (χ3v) is 2.36. The van der Waals surface area contributed by atoms with Crippen LogP contribution >= 0.6 is 0 Å². The maximum atomic E-state index is 5.15. The van der Waals surface area contributed by atoms with Crippen LogP contribution in [0.25, 0.3) is 0 Å². The molecular weight excluding hydrogens is 142 g/mol. The van der Waals surface area contributed by atoms with E-state index in [4.69, 9.17) is 9.47 Å². The summed E-state index contributed by atoms with van der Waals surface area (Å²) in [4.78, 5) is 0. The Balaban J connectivity index is 1.64. The van der Waals surface area contributed by atoms with Crippen LogP contribution in [-0.4, -0.2) is 39.0 Å². The summed E-state index contributed by atoms with van der Waals surface area (Å²) < 4.78 is 10.2. The molecule has 1 N–H and O–H groups in total. The largest absolute Gasteiger partial charge is 0.380 e. The van der Waals surface area contributed by atoms with Gasteiger partial charge < -0.3 is 14.8 Å². The monoisotopic (exact) mass is 157 g/mol. The fourth-order valence-corrected chi connectivity index (χ4v) is 1.30. The van der Waals surface area contributed by atoms with Crippen molar-refractivity contribution in [2.75, 3.05) is 33.0 Å². The summed E-state index contributed by atoms with van der Waals surface area (Å²) in [5.41, 5.74) is 0.398. The number of ether oxygens (including phenoxy) is 2. The quantitative estimate of drug-likeness (QED) is 0.626. The Morgan fingerprint density at radius 2 is 2.09 bits per heavy atom. The van der Waals surface area contributed by atoms with Crippen molar-refractivity contribution in [3.05, 3.63) is 0 Å². The van der Waals surface area contributed by atoms with Gasteiger partial charge in [-0.25, -0.2) is 0 Å². The second-order valence-electron chi connectivity index (χ2n) is 3.92. The number of hydrogen-bond donors (Lipinski definition) is 1. The molecule has 2 aliphatic heterocycles. The Hall–Kier alpha value is -0.120. The minimum absolute atomic E-state index is 0.398. The second-order valence-corrected chi connectivity index (χ2v) is 3.92. The van der Waals surface area contributed by atoms with E-state index in [1.807, 2.05) is 0 Å². The van der Waals surface area contributed by atoms with E-state index in [9.17, 15) is 0 Å². The minimum atomic E-state index is 0.398. The standard InChI is InChI=1S/C8H15NO2/c1-8(5-11-6-8)4-9-7-2-10-3-7/h7,9H,2-6H2,1H3. The van der Waals surface area contributed by atoms with Crippen molar-refractivity contribution in [2.24, 2.45) is 5.41 Å². The predicted molar refractivity (Wildman–Crippen MR) is 41.5 cm³/mol. The SMILES string of the molecule is CC1(CNC2COC2)COC1. The van der Waals surface area contributed by atoms with Crippen LogP contribution in [0.2, 0.25) is 0 Å². The van der Waals surface area contributed by atoms with Crippen LogP contribution in [0, 0.1) is 5.41 Å². The lowest BCUT2D eigenvalue weighted by Gasteiger charge is -2.40. The number of nitrogens with one attached hydrogen (secondary N) is 1. The van der Waals surface area contributed by atoms with Crippen LogP contribution in [0.4, 0.5) is 0 Å². The van der Waals surface area contributed by atoms with Crippen molar-refractivity contribution < 1.29 is 9.47 Å². The molecule has 0 unspecified atom stereocenters. The Bertz CT molecular complexity index is 141. The van der Waals surface area contributed by atoms with Crippen molar-refractivity contribution in [2.45, 2.75) is 13.0 Å². The highest BCUT2D eigenvalue weighted by atomic mass is 16.5. The fraction of sp³-hybridized carbons (Fsp3) is 1.00. The van der Waals surface area contributed by atoms with E-state index in [1.165, 1.54) is 0 Å². The summed E-state index contributed by atoms with van der Waals surface area (Å²) in [7, 11) is 0. The van der Waals surface area contributed by atoms with Gasteiger partial charge in [0.05, 0.1) is 32.5 Å². The zero-order chi connectivity index (χ0) is 7.73. The van der Waals surface area contributed by atoms with E-state index >= 15 is 0 Å². The van der Waals surface area contributed by atoms with Crippen LogP contribution in [0.3, 0.4) is 0 Å². The Kier molecular flexibility index (Phi) is 1.87. The van der Waals surface area contributed by atoms with Gasteiger partial charge in [-0.2, -0.15) is 0 Å². The van der Waals surface area contributed by atoms with Gasteiger partial charge in [-0.3, -0.25) is 0 Å². The molecule has 0 amide bonds. The molecule has 0 aliphatic carbocycles. The molecule has 3 nitrogen and oxygen atoms in total. The van der Waals surface area contributed by atoms with Gasteiger partial charge in [0.25, 0.3) is 0 Å². The van der Waals surface area contributed by atoms with Gasteiger partial charge >= 0.3 is 0 Å². The normalized spacial score (nSPS) is 29.2. The molecule has 0 saturated carbocycles. The Morgan fingerprint density at radius 3 is 2.45 bits per heavy atom. The first-order chi connectivity index (χ1) is 5.29. The van der Waals surface area contributed by atoms with Gasteiger partial charge in [-0.15, -0.1) is 0 Å². The molecule has 2 rings (SSSR count). The van der Waals surface area contributed by atoms with E-state index < -0.39 is 0 Å². The summed E-state index contributed by atoms with van der Waals surface area (Å²) in [5.74, 6) is 0. The third kappa shape index (κ3) is 1.55. The first-order valence-corrected chi connectivity index (χ1v) is 4.17. The van der Waals surface area contributed by atoms with Crippen molar-refractivity contribution in [3.63, 3.8) is 0 Å². The lowest BCUT2D eigenvalue weighted by Crippen LogP contribution is -2.54. The van der Waals surface area contributed by atoms with E-state index in [2.05, 4.69) is 12.2 Å². The predicted octanol–water partition coefficient (Wildman–Crippen LogP) is 0.0113. The third-order valence-electron chi connectivity index (χ3n) is 2.36. The van der Waals surface area contributed by atoms with Crippen LogP contribution in [0.5, 0.6) is 0 Å². The van der Waals surface area contributed by atoms with E-state index in [0.29, 0.717) is 11.5 Å². The Morgan fingerprint density at radius 1 is 1.36 bits per heavy atom. The summed E-state index contributed by atoms with van der Waals surface area (Å²) in [5, 5.41) is 3.46. The van der Waals surface area contributed by atoms with Crippen LogP contribution in [0.15, 0.2) is 0 Å². The molecular formula is C8H15NO2. The summed E-state index contributed by atoms with van der Waals surface area (Å²) >= 11 is 0. The van der Waals surface area contributed by atoms with Gasteiger partial charge in [0.2, 0.25) is 0 Å². The van der Waals surface area contributed by atoms with Crippen molar-refractivity contribution in [3.8, 4) is 0 Å². The first-order valence-electron chi connectivity index (χ1n) is 4.17. The molecule has 0 aromatic carbocycles. The molecule has 11 heavy (non-hydrogen) atoms. The molecule has 0 spiro atoms. The topological polar surface area (TPSA) is 30.5 Å². The summed E-state index contributed by atoms with van der Waals surface area (Å²) in [6.07, 6.45) is 0. The minimum Gasteiger partial charge on any atom is -0.380 e. The fourth-order valence-electron chi connectivity index (χ4n) is 1.30. The second kappa shape index (κ2) is 2.73. The van der Waals surface area contributed by atoms with Gasteiger partial charge in [-0.05, 0) is 0 Å². The van der Waals surface area contributed by atoms with E-state index in [0.717, 1.165) is 33.0 Å². The summed E-state index contributed by atoms with van der Waals surface area (Å²) in [6.45, 7) is 6.92. The zero-order valence-corrected chi connectivity index (χ0v) is 6.93. The van der Waals surface area contributed by atoms with Crippen LogP contribution in [-0.2, 0) is 9.47 Å². The lowest BCUT2D eigenvalue weighted by molar-refractivity contribution is -0.106. The van der Waals surface area contributed by atoms with Gasteiger partial charge in [0.15, 0.2) is 0 Å². The van der Waals surface area contributed by atoms with Crippen LogP contribution < -0.4 is 5.32 Å². The van der Waals surface area contributed by atoms with Crippen molar-refractivity contribution >= 4 is 0 Å². The smallest absolute Gasteiger partial charge is 0.0643 e. The maximum absolute atomic E-state index is 5.15. The Labute approximate surface area is 67.1 Å². The molecule has 0 bridgehead atoms. The molecule has 2 aliphatic rings. The molecule has 0 radical (unpaired) electrons.